The molecule has 216 valence electrons. The summed E-state index contributed by atoms with van der Waals surface area (Å²) in [6.45, 7) is 3.81. The summed E-state index contributed by atoms with van der Waals surface area (Å²) in [4.78, 5) is 7.31. The topological polar surface area (TPSA) is 30.3 Å². The van der Waals surface area contributed by atoms with E-state index in [0.717, 1.165) is 62.9 Å². The lowest BCUT2D eigenvalue weighted by atomic mass is 10.00. The highest BCUT2D eigenvalue weighted by atomic mass is 19.3. The maximum atomic E-state index is 13.6. The zero-order valence-corrected chi connectivity index (χ0v) is 24.2. The summed E-state index contributed by atoms with van der Waals surface area (Å²) >= 11 is 0. The summed E-state index contributed by atoms with van der Waals surface area (Å²) in [5.41, 5.74) is 6.75. The van der Waals surface area contributed by atoms with E-state index in [4.69, 9.17) is 9.72 Å². The molecule has 3 aromatic rings. The van der Waals surface area contributed by atoms with Crippen molar-refractivity contribution < 1.29 is 13.5 Å². The molecule has 2 aliphatic heterocycles. The normalized spacial score (nSPS) is 17.6. The molecule has 2 aromatic carbocycles. The predicted molar refractivity (Wildman–Crippen MR) is 164 cm³/mol. The maximum Gasteiger partial charge on any atom is 0.270 e. The van der Waals surface area contributed by atoms with Crippen LogP contribution in [0.5, 0.6) is 0 Å². The molecule has 0 saturated carbocycles. The minimum atomic E-state index is -2.85. The number of aryl methyl sites for hydroxylation is 2. The quantitative estimate of drug-likeness (QED) is 0.220. The molecule has 1 saturated heterocycles. The van der Waals surface area contributed by atoms with Gasteiger partial charge in [-0.15, -0.1) is 0 Å². The highest BCUT2D eigenvalue weighted by Gasteiger charge is 2.31. The second kappa shape index (κ2) is 12.2. The third kappa shape index (κ3) is 6.30. The third-order valence-electron chi connectivity index (χ3n) is 8.34. The number of imidazole rings is 1. The summed E-state index contributed by atoms with van der Waals surface area (Å²) in [6, 6.07) is 31.6. The zero-order valence-electron chi connectivity index (χ0n) is 24.2. The van der Waals surface area contributed by atoms with Crippen LogP contribution in [0, 0.1) is 0 Å². The van der Waals surface area contributed by atoms with Crippen molar-refractivity contribution in [2.45, 2.75) is 50.9 Å². The van der Waals surface area contributed by atoms with Crippen LogP contribution in [0.4, 0.5) is 8.78 Å². The van der Waals surface area contributed by atoms with Gasteiger partial charge in [-0.3, -0.25) is 0 Å². The van der Waals surface area contributed by atoms with Crippen molar-refractivity contribution in [1.82, 2.24) is 14.5 Å². The molecule has 0 amide bonds. The van der Waals surface area contributed by atoms with Gasteiger partial charge in [-0.25, -0.2) is 13.8 Å². The summed E-state index contributed by atoms with van der Waals surface area (Å²) in [5.74, 6) is -1.95. The smallest absolute Gasteiger partial charge is 0.270 e. The molecule has 42 heavy (non-hydrogen) atoms. The molecule has 1 fully saturated rings. The molecular formula is C36H37F2N3O. The molecule has 3 heterocycles. The second-order valence-electron chi connectivity index (χ2n) is 11.5. The number of ether oxygens (including phenoxy) is 1. The van der Waals surface area contributed by atoms with Crippen molar-refractivity contribution in [2.75, 3.05) is 20.1 Å². The second-order valence-corrected chi connectivity index (χ2v) is 11.5. The van der Waals surface area contributed by atoms with Crippen molar-refractivity contribution in [3.05, 3.63) is 126 Å². The Bertz CT molecular complexity index is 1550. The van der Waals surface area contributed by atoms with E-state index in [1.54, 1.807) is 12.1 Å². The van der Waals surface area contributed by atoms with E-state index in [1.807, 2.05) is 12.3 Å². The van der Waals surface area contributed by atoms with Crippen LogP contribution in [-0.2, 0) is 23.6 Å². The van der Waals surface area contributed by atoms with E-state index in [0.29, 0.717) is 0 Å². The number of hydrogen-bond donors (Lipinski definition) is 0. The van der Waals surface area contributed by atoms with Gasteiger partial charge in [0, 0.05) is 43.9 Å². The number of halogens is 2. The van der Waals surface area contributed by atoms with Crippen LogP contribution in [-0.4, -0.2) is 40.7 Å². The van der Waals surface area contributed by atoms with Crippen LogP contribution in [0.1, 0.15) is 48.4 Å². The molecule has 0 radical (unpaired) electrons. The van der Waals surface area contributed by atoms with Crippen LogP contribution in [0.3, 0.4) is 0 Å². The van der Waals surface area contributed by atoms with Crippen LogP contribution < -0.4 is 0 Å². The largest absolute Gasteiger partial charge is 0.362 e. The molecule has 0 N–H and O–H groups in total. The third-order valence-corrected chi connectivity index (χ3v) is 8.34. The first-order chi connectivity index (χ1) is 20.3. The van der Waals surface area contributed by atoms with E-state index in [9.17, 15) is 8.78 Å². The van der Waals surface area contributed by atoms with Crippen molar-refractivity contribution in [3.63, 3.8) is 0 Å². The fourth-order valence-corrected chi connectivity index (χ4v) is 5.87. The molecule has 1 atom stereocenters. The minimum Gasteiger partial charge on any atom is -0.362 e. The molecule has 1 aromatic heterocycles. The average Bonchev–Trinajstić information content (AvgIpc) is 3.53. The van der Waals surface area contributed by atoms with Gasteiger partial charge in [0.2, 0.25) is 0 Å². The zero-order chi connectivity index (χ0) is 29.1. The summed E-state index contributed by atoms with van der Waals surface area (Å²) < 4.78 is 36.1. The standard InChI is InChI=1S/C26H29F2N3O.C10H8/c1-26(27,28)20-9-7-19(8-10-20)23-17-31-16-11-18-5-3-4-6-22(18)24(25(31)29-23)32-21-12-14-30(2)15-13-21;1-2-5-9-7-4-8-10(9)6-3-1/h3-10,17,21,24H,11-16H2,1-2H3;1-8H. The van der Waals surface area contributed by atoms with Crippen molar-refractivity contribution in [3.8, 4) is 22.4 Å². The SMILES string of the molecule is CN1CCC(OC2c3ccccc3CCn3cc(-c4ccc(C(C)(F)F)cc4)nc32)CC1.c1ccc2cccc-2cc1. The molecule has 2 aliphatic carbocycles. The fourth-order valence-electron chi connectivity index (χ4n) is 5.87. The van der Waals surface area contributed by atoms with E-state index in [2.05, 4.69) is 83.2 Å². The fraction of sp³-hybridized carbons (Fsp3) is 0.306. The molecule has 0 bridgehead atoms. The van der Waals surface area contributed by atoms with Gasteiger partial charge in [-0.2, -0.15) is 0 Å². The number of hydrogen-bond acceptors (Lipinski definition) is 3. The van der Waals surface area contributed by atoms with E-state index >= 15 is 0 Å². The molecular weight excluding hydrogens is 528 g/mol. The first kappa shape index (κ1) is 28.3. The van der Waals surface area contributed by atoms with Gasteiger partial charge < -0.3 is 14.2 Å². The highest BCUT2D eigenvalue weighted by molar-refractivity contribution is 5.65. The van der Waals surface area contributed by atoms with Gasteiger partial charge in [-0.05, 0) is 48.6 Å². The average molecular weight is 566 g/mol. The Labute approximate surface area is 246 Å². The summed E-state index contributed by atoms with van der Waals surface area (Å²) in [6.07, 6.45) is 4.93. The van der Waals surface area contributed by atoms with Crippen LogP contribution in [0.2, 0.25) is 0 Å². The molecule has 0 spiro atoms. The monoisotopic (exact) mass is 565 g/mol. The minimum absolute atomic E-state index is 0.0134. The van der Waals surface area contributed by atoms with Gasteiger partial charge >= 0.3 is 0 Å². The Morgan fingerprint density at radius 2 is 1.40 bits per heavy atom. The Balaban J connectivity index is 0.000000265. The van der Waals surface area contributed by atoms with E-state index in [-0.39, 0.29) is 17.8 Å². The number of benzene rings is 2. The molecule has 4 aliphatic rings. The summed E-state index contributed by atoms with van der Waals surface area (Å²) in [5, 5.41) is 0. The first-order valence-corrected chi connectivity index (χ1v) is 14.8. The lowest BCUT2D eigenvalue weighted by Gasteiger charge is -2.32. The summed E-state index contributed by atoms with van der Waals surface area (Å²) in [7, 11) is 2.15. The van der Waals surface area contributed by atoms with Gasteiger partial charge in [0.25, 0.3) is 5.92 Å². The van der Waals surface area contributed by atoms with Crippen LogP contribution in [0.15, 0.2) is 103 Å². The van der Waals surface area contributed by atoms with Gasteiger partial charge in [0.15, 0.2) is 0 Å². The van der Waals surface area contributed by atoms with Gasteiger partial charge in [0.05, 0.1) is 11.8 Å². The lowest BCUT2D eigenvalue weighted by Crippen LogP contribution is -2.35. The van der Waals surface area contributed by atoms with Crippen molar-refractivity contribution in [1.29, 1.82) is 0 Å². The maximum absolute atomic E-state index is 13.6. The van der Waals surface area contributed by atoms with Crippen LogP contribution >= 0.6 is 0 Å². The Hall–Kier alpha value is -3.87. The highest BCUT2D eigenvalue weighted by Crippen LogP contribution is 2.36. The number of piperidine rings is 1. The van der Waals surface area contributed by atoms with Crippen LogP contribution in [0.25, 0.3) is 22.4 Å². The predicted octanol–water partition coefficient (Wildman–Crippen LogP) is 8.21. The van der Waals surface area contributed by atoms with Gasteiger partial charge in [-0.1, -0.05) is 97.1 Å². The molecule has 4 nitrogen and oxygen atoms in total. The number of fused-ring (bicyclic) bond motifs is 3. The van der Waals surface area contributed by atoms with Crippen molar-refractivity contribution >= 4 is 0 Å². The van der Waals surface area contributed by atoms with E-state index in [1.165, 1.54) is 34.4 Å². The number of likely N-dealkylation sites (tertiary alicyclic amines) is 1. The Morgan fingerprint density at radius 3 is 2.10 bits per heavy atom. The van der Waals surface area contributed by atoms with Crippen molar-refractivity contribution in [2.24, 2.45) is 0 Å². The Morgan fingerprint density at radius 1 is 0.762 bits per heavy atom. The number of nitrogens with zero attached hydrogens (tertiary/aromatic N) is 3. The van der Waals surface area contributed by atoms with E-state index < -0.39 is 5.92 Å². The van der Waals surface area contributed by atoms with Gasteiger partial charge in [0.1, 0.15) is 11.9 Å². The molecule has 6 heteroatoms. The molecule has 1 unspecified atom stereocenters. The number of rotatable bonds is 4. The lowest BCUT2D eigenvalue weighted by molar-refractivity contribution is -0.0275. The number of alkyl halides is 2. The molecule has 7 rings (SSSR count). The number of aromatic nitrogens is 2. The Kier molecular flexibility index (Phi) is 8.18. The first-order valence-electron chi connectivity index (χ1n) is 14.8.